The van der Waals surface area contributed by atoms with Gasteiger partial charge in [-0.25, -0.2) is 13.6 Å². The summed E-state index contributed by atoms with van der Waals surface area (Å²) in [5.74, 6) is -0.245. The van der Waals surface area contributed by atoms with Gasteiger partial charge in [0.15, 0.2) is 11.9 Å². The third-order valence-corrected chi connectivity index (χ3v) is 4.29. The van der Waals surface area contributed by atoms with E-state index in [4.69, 9.17) is 5.14 Å². The number of pyridine rings is 1. The summed E-state index contributed by atoms with van der Waals surface area (Å²) in [7, 11) is -3.79. The van der Waals surface area contributed by atoms with Crippen LogP contribution in [-0.4, -0.2) is 14.3 Å². The van der Waals surface area contributed by atoms with Crippen LogP contribution in [0.1, 0.15) is 11.3 Å². The molecule has 0 saturated heterocycles. The summed E-state index contributed by atoms with van der Waals surface area (Å²) in [5, 5.41) is 7.74. The number of nitrogens with two attached hydrogens (primary N) is 1. The Morgan fingerprint density at radius 1 is 1.23 bits per heavy atom. The van der Waals surface area contributed by atoms with Gasteiger partial charge in [-0.15, -0.1) is 0 Å². The number of nitrogens with zero attached hydrogens (tertiary/aromatic N) is 1. The molecule has 1 heterocycles. The van der Waals surface area contributed by atoms with Crippen molar-refractivity contribution in [3.05, 3.63) is 53.9 Å². The number of aromatic nitrogens is 1. The molecule has 0 fully saturated rings. The molecule has 0 bridgehead atoms. The minimum Gasteiger partial charge on any atom is -0.321 e. The van der Waals surface area contributed by atoms with Gasteiger partial charge in [-0.1, -0.05) is 6.07 Å². The highest BCUT2D eigenvalue weighted by molar-refractivity contribution is 7.89. The number of hydrogen-bond donors (Lipinski definition) is 2. The van der Waals surface area contributed by atoms with Gasteiger partial charge in [0, 0.05) is 24.2 Å². The van der Waals surface area contributed by atoms with Gasteiger partial charge in [0.1, 0.15) is 0 Å². The fourth-order valence-electron chi connectivity index (χ4n) is 2.03. The first-order chi connectivity index (χ1) is 10.3. The molecule has 6 nitrogen and oxygen atoms in total. The predicted octanol–water partition coefficient (Wildman–Crippen LogP) is 0.877. The topological polar surface area (TPSA) is 93.1 Å². The van der Waals surface area contributed by atoms with Crippen molar-refractivity contribution < 1.29 is 17.8 Å². The van der Waals surface area contributed by atoms with Crippen molar-refractivity contribution in [2.24, 2.45) is 5.14 Å². The maximum absolute atomic E-state index is 12.1. The highest BCUT2D eigenvalue weighted by Crippen LogP contribution is 2.13. The Bertz CT molecular complexity index is 817. The van der Waals surface area contributed by atoms with Crippen LogP contribution < -0.4 is 15.0 Å². The van der Waals surface area contributed by atoms with Crippen LogP contribution in [0.4, 0.5) is 5.69 Å². The van der Waals surface area contributed by atoms with Crippen molar-refractivity contribution in [1.82, 2.24) is 0 Å². The number of anilines is 1. The summed E-state index contributed by atoms with van der Waals surface area (Å²) in [6, 6.07) is 9.70. The smallest absolute Gasteiger partial charge is 0.290 e. The minimum atomic E-state index is -3.79. The zero-order valence-electron chi connectivity index (χ0n) is 12.4. The van der Waals surface area contributed by atoms with E-state index in [9.17, 15) is 13.2 Å². The predicted molar refractivity (Wildman–Crippen MR) is 82.6 cm³/mol. The van der Waals surface area contributed by atoms with Crippen molar-refractivity contribution in [3.8, 4) is 0 Å². The summed E-state index contributed by atoms with van der Waals surface area (Å²) in [4.78, 5) is 12.1. The number of amides is 1. The summed E-state index contributed by atoms with van der Waals surface area (Å²) < 4.78 is 24.4. The Morgan fingerprint density at radius 2 is 1.95 bits per heavy atom. The molecule has 22 heavy (non-hydrogen) atoms. The first kappa shape index (κ1) is 16.1. The maximum atomic E-state index is 12.1. The van der Waals surface area contributed by atoms with Gasteiger partial charge in [-0.2, -0.15) is 4.57 Å². The summed E-state index contributed by atoms with van der Waals surface area (Å²) in [5.41, 5.74) is 2.48. The molecule has 2 rings (SSSR count). The second-order valence-electron chi connectivity index (χ2n) is 5.03. The van der Waals surface area contributed by atoms with Crippen LogP contribution >= 0.6 is 0 Å². The molecule has 0 aliphatic rings. The first-order valence-electron chi connectivity index (χ1n) is 6.66. The third-order valence-electron chi connectivity index (χ3n) is 3.37. The molecule has 0 atom stereocenters. The molecule has 0 saturated carbocycles. The number of aryl methyl sites for hydroxylation is 1. The number of carbonyl (C=O) groups is 1. The SMILES string of the molecule is Cc1ccc[n+](CC(=O)Nc2cccc(S(N)(=O)=O)c2)c1C. The van der Waals surface area contributed by atoms with E-state index in [1.54, 1.807) is 6.07 Å². The molecule has 3 N–H and O–H groups in total. The molecular weight excluding hydrogens is 302 g/mol. The Labute approximate surface area is 129 Å². The number of primary sulfonamides is 1. The lowest BCUT2D eigenvalue weighted by atomic mass is 10.2. The van der Waals surface area contributed by atoms with Gasteiger partial charge in [0.05, 0.1) is 4.90 Å². The van der Waals surface area contributed by atoms with E-state index < -0.39 is 10.0 Å². The second kappa shape index (κ2) is 6.25. The Hall–Kier alpha value is -2.25. The molecule has 0 aliphatic heterocycles. The van der Waals surface area contributed by atoms with Crippen molar-refractivity contribution in [2.45, 2.75) is 25.3 Å². The molecular formula is C15H18N3O3S+. The van der Waals surface area contributed by atoms with Crippen molar-refractivity contribution >= 4 is 21.6 Å². The normalized spacial score (nSPS) is 11.2. The van der Waals surface area contributed by atoms with Crippen molar-refractivity contribution in [2.75, 3.05) is 5.32 Å². The average Bonchev–Trinajstić information content (AvgIpc) is 2.43. The summed E-state index contributed by atoms with van der Waals surface area (Å²) in [6.07, 6.45) is 1.82. The molecule has 1 aromatic carbocycles. The van der Waals surface area contributed by atoms with E-state index in [1.807, 2.05) is 36.7 Å². The van der Waals surface area contributed by atoms with Crippen LogP contribution in [0.3, 0.4) is 0 Å². The van der Waals surface area contributed by atoms with E-state index in [-0.39, 0.29) is 17.3 Å². The summed E-state index contributed by atoms with van der Waals surface area (Å²) in [6.45, 7) is 4.05. The monoisotopic (exact) mass is 320 g/mol. The minimum absolute atomic E-state index is 0.0373. The number of sulfonamides is 1. The van der Waals surface area contributed by atoms with E-state index in [1.165, 1.54) is 18.2 Å². The van der Waals surface area contributed by atoms with E-state index in [0.717, 1.165) is 11.3 Å². The van der Waals surface area contributed by atoms with Crippen molar-refractivity contribution in [3.63, 3.8) is 0 Å². The van der Waals surface area contributed by atoms with Gasteiger partial charge in [-0.05, 0) is 31.2 Å². The largest absolute Gasteiger partial charge is 0.321 e. The van der Waals surface area contributed by atoms with Gasteiger partial charge < -0.3 is 5.32 Å². The van der Waals surface area contributed by atoms with E-state index >= 15 is 0 Å². The quantitative estimate of drug-likeness (QED) is 0.819. The molecule has 2 aromatic rings. The van der Waals surface area contributed by atoms with Gasteiger partial charge in [-0.3, -0.25) is 4.79 Å². The lowest BCUT2D eigenvalue weighted by molar-refractivity contribution is -0.690. The molecule has 116 valence electrons. The van der Waals surface area contributed by atoms with Crippen LogP contribution in [0.25, 0.3) is 0 Å². The molecule has 1 amide bonds. The fraction of sp³-hybridized carbons (Fsp3) is 0.200. The van der Waals surface area contributed by atoms with Crippen LogP contribution in [0, 0.1) is 13.8 Å². The standard InChI is InChI=1S/C15H17N3O3S/c1-11-5-4-8-18(12(11)2)10-15(19)17-13-6-3-7-14(9-13)22(16,20)21/h3-9H,10H2,1-2H3,(H2-,16,17,19,20,21)/p+1. The molecule has 0 aliphatic carbocycles. The maximum Gasteiger partial charge on any atom is 0.290 e. The summed E-state index contributed by atoms with van der Waals surface area (Å²) >= 11 is 0. The van der Waals surface area contributed by atoms with E-state index in [2.05, 4.69) is 5.32 Å². The fourth-order valence-corrected chi connectivity index (χ4v) is 2.59. The Balaban J connectivity index is 2.14. The van der Waals surface area contributed by atoms with Crippen LogP contribution in [0.5, 0.6) is 0 Å². The number of hydrogen-bond acceptors (Lipinski definition) is 3. The van der Waals surface area contributed by atoms with Crippen LogP contribution in [-0.2, 0) is 21.4 Å². The van der Waals surface area contributed by atoms with Gasteiger partial charge >= 0.3 is 0 Å². The molecule has 0 spiro atoms. The van der Waals surface area contributed by atoms with E-state index in [0.29, 0.717) is 5.69 Å². The molecule has 0 unspecified atom stereocenters. The highest BCUT2D eigenvalue weighted by Gasteiger charge is 2.15. The molecule has 1 aromatic heterocycles. The lowest BCUT2D eigenvalue weighted by Crippen LogP contribution is -2.43. The first-order valence-corrected chi connectivity index (χ1v) is 8.20. The number of benzene rings is 1. The number of carbonyl (C=O) groups excluding carboxylic acids is 1. The van der Waals surface area contributed by atoms with Gasteiger partial charge in [0.25, 0.3) is 5.91 Å². The number of rotatable bonds is 4. The van der Waals surface area contributed by atoms with Crippen LogP contribution in [0.15, 0.2) is 47.5 Å². The highest BCUT2D eigenvalue weighted by atomic mass is 32.2. The lowest BCUT2D eigenvalue weighted by Gasteiger charge is -2.06. The zero-order valence-corrected chi connectivity index (χ0v) is 13.2. The molecule has 7 heteroatoms. The van der Waals surface area contributed by atoms with Crippen molar-refractivity contribution in [1.29, 1.82) is 0 Å². The Morgan fingerprint density at radius 3 is 2.64 bits per heavy atom. The van der Waals surface area contributed by atoms with Gasteiger partial charge in [0.2, 0.25) is 16.6 Å². The third kappa shape index (κ3) is 3.90. The Kier molecular flexibility index (Phi) is 4.58. The second-order valence-corrected chi connectivity index (χ2v) is 6.59. The zero-order chi connectivity index (χ0) is 16.3. The number of nitrogens with one attached hydrogen (secondary N) is 1. The average molecular weight is 320 g/mol. The van der Waals surface area contributed by atoms with Crippen LogP contribution in [0.2, 0.25) is 0 Å². The molecule has 0 radical (unpaired) electrons.